The van der Waals surface area contributed by atoms with Crippen LogP contribution >= 0.6 is 11.6 Å². The van der Waals surface area contributed by atoms with Gasteiger partial charge in [-0.1, -0.05) is 11.6 Å². The summed E-state index contributed by atoms with van der Waals surface area (Å²) in [7, 11) is 0. The summed E-state index contributed by atoms with van der Waals surface area (Å²) < 4.78 is 4.92. The number of nitrogen functional groups attached to an aromatic ring is 1. The number of anilines is 2. The molecule has 0 fully saturated rings. The Kier molecular flexibility index (Phi) is 5.55. The van der Waals surface area contributed by atoms with Crippen LogP contribution in [0.25, 0.3) is 0 Å². The van der Waals surface area contributed by atoms with Crippen molar-refractivity contribution in [3.63, 3.8) is 0 Å². The molecule has 0 aliphatic rings. The average Bonchev–Trinajstić information content (AvgIpc) is 2.55. The largest absolute Gasteiger partial charge is 0.452 e. The van der Waals surface area contributed by atoms with Crippen LogP contribution in [0.1, 0.15) is 27.6 Å². The van der Waals surface area contributed by atoms with E-state index in [-0.39, 0.29) is 17.0 Å². The summed E-state index contributed by atoms with van der Waals surface area (Å²) >= 11 is 5.80. The third-order valence-electron chi connectivity index (χ3n) is 3.14. The van der Waals surface area contributed by atoms with E-state index in [0.717, 1.165) is 0 Å². The minimum absolute atomic E-state index is 0.0686. The first-order valence-electron chi connectivity index (χ1n) is 7.00. The van der Waals surface area contributed by atoms with Crippen molar-refractivity contribution < 1.29 is 19.1 Å². The molecule has 0 saturated heterocycles. The lowest BCUT2D eigenvalue weighted by atomic mass is 10.1. The summed E-state index contributed by atoms with van der Waals surface area (Å²) in [5.41, 5.74) is 7.01. The topological polar surface area (TPSA) is 98.5 Å². The number of Topliss-reactive ketones (excluding diaryl/α,β-unsaturated/α-hetero) is 1. The Morgan fingerprint density at radius 1 is 1.12 bits per heavy atom. The highest BCUT2D eigenvalue weighted by molar-refractivity contribution is 6.31. The molecule has 124 valence electrons. The Balaban J connectivity index is 1.92. The van der Waals surface area contributed by atoms with Gasteiger partial charge in [-0.2, -0.15) is 0 Å². The molecule has 0 aliphatic heterocycles. The summed E-state index contributed by atoms with van der Waals surface area (Å²) in [4.78, 5) is 34.9. The fourth-order valence-corrected chi connectivity index (χ4v) is 2.07. The molecule has 0 unspecified atom stereocenters. The van der Waals surface area contributed by atoms with Crippen molar-refractivity contribution >= 4 is 40.6 Å². The zero-order valence-corrected chi connectivity index (χ0v) is 13.6. The molecule has 3 N–H and O–H groups in total. The number of esters is 1. The number of benzene rings is 2. The predicted molar refractivity (Wildman–Crippen MR) is 91.2 cm³/mol. The number of hydrogen-bond donors (Lipinski definition) is 2. The zero-order chi connectivity index (χ0) is 17.7. The van der Waals surface area contributed by atoms with Crippen LogP contribution in [0.5, 0.6) is 0 Å². The molecule has 7 heteroatoms. The van der Waals surface area contributed by atoms with E-state index in [1.165, 1.54) is 19.1 Å². The van der Waals surface area contributed by atoms with Crippen molar-refractivity contribution in [3.8, 4) is 0 Å². The Hall–Kier alpha value is -2.86. The second-order valence-corrected chi connectivity index (χ2v) is 5.43. The monoisotopic (exact) mass is 346 g/mol. The van der Waals surface area contributed by atoms with Crippen LogP contribution in [0.15, 0.2) is 42.5 Å². The highest BCUT2D eigenvalue weighted by Crippen LogP contribution is 2.18. The average molecular weight is 347 g/mol. The quantitative estimate of drug-likeness (QED) is 0.492. The summed E-state index contributed by atoms with van der Waals surface area (Å²) in [5.74, 6) is -1.32. The maximum Gasteiger partial charge on any atom is 0.340 e. The Morgan fingerprint density at radius 3 is 2.42 bits per heavy atom. The van der Waals surface area contributed by atoms with Gasteiger partial charge < -0.3 is 15.8 Å². The predicted octanol–water partition coefficient (Wildman–Crippen LogP) is 2.92. The Morgan fingerprint density at radius 2 is 1.79 bits per heavy atom. The van der Waals surface area contributed by atoms with Crippen molar-refractivity contribution in [2.45, 2.75) is 6.92 Å². The third-order valence-corrected chi connectivity index (χ3v) is 3.38. The number of carbonyl (C=O) groups excluding carboxylic acids is 3. The highest BCUT2D eigenvalue weighted by Gasteiger charge is 2.14. The van der Waals surface area contributed by atoms with E-state index >= 15 is 0 Å². The zero-order valence-electron chi connectivity index (χ0n) is 12.8. The first kappa shape index (κ1) is 17.5. The summed E-state index contributed by atoms with van der Waals surface area (Å²) in [6, 6.07) is 10.8. The van der Waals surface area contributed by atoms with E-state index < -0.39 is 18.5 Å². The molecule has 6 nitrogen and oxygen atoms in total. The van der Waals surface area contributed by atoms with Gasteiger partial charge in [0.25, 0.3) is 5.91 Å². The first-order valence-corrected chi connectivity index (χ1v) is 7.37. The number of nitrogens with two attached hydrogens (primary N) is 1. The van der Waals surface area contributed by atoms with Crippen LogP contribution in [0.2, 0.25) is 5.02 Å². The van der Waals surface area contributed by atoms with Gasteiger partial charge in [-0.05, 0) is 49.4 Å². The van der Waals surface area contributed by atoms with E-state index in [1.807, 2.05) is 0 Å². The lowest BCUT2D eigenvalue weighted by Gasteiger charge is -2.08. The summed E-state index contributed by atoms with van der Waals surface area (Å²) in [5, 5.41) is 2.90. The Bertz CT molecular complexity index is 788. The van der Waals surface area contributed by atoms with Crippen LogP contribution in [-0.4, -0.2) is 24.3 Å². The van der Waals surface area contributed by atoms with Gasteiger partial charge in [0.15, 0.2) is 12.4 Å². The van der Waals surface area contributed by atoms with Crippen LogP contribution in [0.3, 0.4) is 0 Å². The fourth-order valence-electron chi connectivity index (χ4n) is 1.90. The number of ketones is 1. The SMILES string of the molecule is CC(=O)c1ccc(NC(=O)COC(=O)c2cc(Cl)ccc2N)cc1. The van der Waals surface area contributed by atoms with Gasteiger partial charge in [-0.3, -0.25) is 9.59 Å². The molecule has 0 bridgehead atoms. The normalized spacial score (nSPS) is 10.1. The molecule has 1 amide bonds. The fraction of sp³-hybridized carbons (Fsp3) is 0.118. The second-order valence-electron chi connectivity index (χ2n) is 4.99. The van der Waals surface area contributed by atoms with Gasteiger partial charge in [0, 0.05) is 22.0 Å². The van der Waals surface area contributed by atoms with Crippen molar-refractivity contribution in [2.24, 2.45) is 0 Å². The minimum Gasteiger partial charge on any atom is -0.452 e. The third kappa shape index (κ3) is 4.57. The number of ether oxygens (including phenoxy) is 1. The van der Waals surface area contributed by atoms with Gasteiger partial charge in [0.05, 0.1) is 5.56 Å². The van der Waals surface area contributed by atoms with Gasteiger partial charge in [0.2, 0.25) is 0 Å². The smallest absolute Gasteiger partial charge is 0.340 e. The van der Waals surface area contributed by atoms with E-state index in [9.17, 15) is 14.4 Å². The van der Waals surface area contributed by atoms with Crippen LogP contribution in [-0.2, 0) is 9.53 Å². The van der Waals surface area contributed by atoms with E-state index in [0.29, 0.717) is 16.3 Å². The van der Waals surface area contributed by atoms with E-state index in [4.69, 9.17) is 22.1 Å². The number of halogens is 1. The molecule has 2 aromatic carbocycles. The number of carbonyl (C=O) groups is 3. The minimum atomic E-state index is -0.739. The van der Waals surface area contributed by atoms with Gasteiger partial charge >= 0.3 is 5.97 Å². The standard InChI is InChI=1S/C17H15ClN2O4/c1-10(21)11-2-5-13(6-3-11)20-16(22)9-24-17(23)14-8-12(18)4-7-15(14)19/h2-8H,9,19H2,1H3,(H,20,22). The first-order chi connectivity index (χ1) is 11.4. The number of amides is 1. The molecule has 24 heavy (non-hydrogen) atoms. The van der Waals surface area contributed by atoms with E-state index in [1.54, 1.807) is 30.3 Å². The molecule has 0 radical (unpaired) electrons. The van der Waals surface area contributed by atoms with Gasteiger partial charge in [-0.25, -0.2) is 4.79 Å². The number of nitrogens with one attached hydrogen (secondary N) is 1. The van der Waals surface area contributed by atoms with Gasteiger partial charge in [0.1, 0.15) is 0 Å². The van der Waals surface area contributed by atoms with Crippen molar-refractivity contribution in [3.05, 3.63) is 58.6 Å². The molecule has 2 aromatic rings. The van der Waals surface area contributed by atoms with E-state index in [2.05, 4.69) is 5.32 Å². The maximum absolute atomic E-state index is 11.9. The molecular formula is C17H15ClN2O4. The van der Waals surface area contributed by atoms with Crippen LogP contribution in [0.4, 0.5) is 11.4 Å². The van der Waals surface area contributed by atoms with Crippen LogP contribution in [0, 0.1) is 0 Å². The highest BCUT2D eigenvalue weighted by atomic mass is 35.5. The van der Waals surface area contributed by atoms with Crippen molar-refractivity contribution in [1.82, 2.24) is 0 Å². The molecule has 0 atom stereocenters. The van der Waals surface area contributed by atoms with Crippen molar-refractivity contribution in [1.29, 1.82) is 0 Å². The molecule has 0 saturated carbocycles. The second kappa shape index (κ2) is 7.61. The molecule has 0 aliphatic carbocycles. The summed E-state index contributed by atoms with van der Waals surface area (Å²) in [6.07, 6.45) is 0. The molecular weight excluding hydrogens is 332 g/mol. The Labute approximate surface area is 143 Å². The lowest BCUT2D eigenvalue weighted by Crippen LogP contribution is -2.21. The van der Waals surface area contributed by atoms with Crippen molar-refractivity contribution in [2.75, 3.05) is 17.7 Å². The maximum atomic E-state index is 11.9. The molecule has 0 heterocycles. The summed E-state index contributed by atoms with van der Waals surface area (Å²) in [6.45, 7) is 0.980. The number of rotatable bonds is 5. The molecule has 2 rings (SSSR count). The number of hydrogen-bond acceptors (Lipinski definition) is 5. The lowest BCUT2D eigenvalue weighted by molar-refractivity contribution is -0.119. The molecule has 0 aromatic heterocycles. The molecule has 0 spiro atoms. The van der Waals surface area contributed by atoms with Crippen LogP contribution < -0.4 is 11.1 Å². The van der Waals surface area contributed by atoms with Gasteiger partial charge in [-0.15, -0.1) is 0 Å².